The molecular formula is C15H10ClF3N4O2. The van der Waals surface area contributed by atoms with Gasteiger partial charge in [-0.3, -0.25) is 9.59 Å². The summed E-state index contributed by atoms with van der Waals surface area (Å²) in [6, 6.07) is 2.16. The Balaban J connectivity index is 2.13. The van der Waals surface area contributed by atoms with Crippen LogP contribution in [0.3, 0.4) is 0 Å². The highest BCUT2D eigenvalue weighted by Gasteiger charge is 2.39. The van der Waals surface area contributed by atoms with Crippen LogP contribution in [0.4, 0.5) is 13.2 Å². The van der Waals surface area contributed by atoms with Crippen LogP contribution in [0.2, 0.25) is 0 Å². The highest BCUT2D eigenvalue weighted by Crippen LogP contribution is 2.34. The minimum Gasteiger partial charge on any atom is -0.294 e. The van der Waals surface area contributed by atoms with E-state index in [1.807, 2.05) is 0 Å². The molecule has 2 aromatic rings. The van der Waals surface area contributed by atoms with Crippen LogP contribution in [0.15, 0.2) is 35.4 Å². The summed E-state index contributed by atoms with van der Waals surface area (Å²) in [7, 11) is 0. The largest absolute Gasteiger partial charge is 0.434 e. The van der Waals surface area contributed by atoms with Crippen molar-refractivity contribution in [3.05, 3.63) is 46.7 Å². The quantitative estimate of drug-likeness (QED) is 0.613. The number of hydrogen-bond donors (Lipinski definition) is 0. The number of nitrogens with zero attached hydrogens (tertiary/aromatic N) is 4. The number of carbonyl (C=O) groups is 2. The Morgan fingerprint density at radius 3 is 2.60 bits per heavy atom. The molecule has 0 fully saturated rings. The van der Waals surface area contributed by atoms with E-state index in [1.165, 1.54) is 12.4 Å². The van der Waals surface area contributed by atoms with Gasteiger partial charge in [-0.25, -0.2) is 14.6 Å². The maximum absolute atomic E-state index is 13.4. The van der Waals surface area contributed by atoms with E-state index in [2.05, 4.69) is 15.1 Å². The van der Waals surface area contributed by atoms with Gasteiger partial charge in [0.05, 0.1) is 11.1 Å². The molecule has 25 heavy (non-hydrogen) atoms. The Labute approximate surface area is 144 Å². The molecular weight excluding hydrogens is 361 g/mol. The number of carbonyl (C=O) groups excluding carboxylic acids is 2. The molecule has 0 aromatic carbocycles. The predicted octanol–water partition coefficient (Wildman–Crippen LogP) is 3.11. The van der Waals surface area contributed by atoms with Gasteiger partial charge in [-0.05, 0) is 25.0 Å². The van der Waals surface area contributed by atoms with Crippen LogP contribution in [0.25, 0.3) is 5.82 Å². The zero-order valence-electron chi connectivity index (χ0n) is 12.5. The number of pyridine rings is 1. The number of Topliss-reactive ketones (excluding diaryl/α,β-unsaturated/α-hetero) is 2. The minimum absolute atomic E-state index is 0.0188. The van der Waals surface area contributed by atoms with Gasteiger partial charge in [0.1, 0.15) is 12.7 Å². The third kappa shape index (κ3) is 3.32. The zero-order chi connectivity index (χ0) is 18.2. The lowest BCUT2D eigenvalue weighted by Gasteiger charge is -2.17. The van der Waals surface area contributed by atoms with Crippen molar-refractivity contribution in [2.45, 2.75) is 25.4 Å². The van der Waals surface area contributed by atoms with Crippen molar-refractivity contribution in [1.82, 2.24) is 19.7 Å². The van der Waals surface area contributed by atoms with E-state index in [0.717, 1.165) is 17.1 Å². The maximum atomic E-state index is 13.4. The second-order valence-corrected chi connectivity index (χ2v) is 5.75. The summed E-state index contributed by atoms with van der Waals surface area (Å²) in [4.78, 5) is 31.6. The van der Waals surface area contributed by atoms with Gasteiger partial charge >= 0.3 is 6.18 Å². The van der Waals surface area contributed by atoms with Crippen molar-refractivity contribution >= 4 is 23.2 Å². The van der Waals surface area contributed by atoms with Gasteiger partial charge < -0.3 is 0 Å². The van der Waals surface area contributed by atoms with Crippen LogP contribution in [0, 0.1) is 0 Å². The molecule has 0 unspecified atom stereocenters. The van der Waals surface area contributed by atoms with E-state index >= 15 is 0 Å². The van der Waals surface area contributed by atoms with Crippen molar-refractivity contribution in [1.29, 1.82) is 0 Å². The van der Waals surface area contributed by atoms with Gasteiger partial charge in [-0.15, -0.1) is 0 Å². The highest BCUT2D eigenvalue weighted by atomic mass is 35.5. The highest BCUT2D eigenvalue weighted by molar-refractivity contribution is 6.39. The van der Waals surface area contributed by atoms with Crippen LogP contribution in [-0.4, -0.2) is 31.3 Å². The monoisotopic (exact) mass is 370 g/mol. The van der Waals surface area contributed by atoms with Gasteiger partial charge in [-0.2, -0.15) is 18.3 Å². The molecule has 0 amide bonds. The number of rotatable bonds is 3. The van der Waals surface area contributed by atoms with Crippen LogP contribution in [0.1, 0.15) is 35.3 Å². The molecule has 130 valence electrons. The molecule has 1 aliphatic rings. The van der Waals surface area contributed by atoms with E-state index in [-0.39, 0.29) is 23.7 Å². The molecule has 0 atom stereocenters. The fourth-order valence-corrected chi connectivity index (χ4v) is 2.82. The van der Waals surface area contributed by atoms with Crippen LogP contribution in [0.5, 0.6) is 0 Å². The first kappa shape index (κ1) is 17.3. The summed E-state index contributed by atoms with van der Waals surface area (Å²) < 4.78 is 41.2. The first-order valence-corrected chi connectivity index (χ1v) is 7.56. The van der Waals surface area contributed by atoms with E-state index < -0.39 is 34.6 Å². The molecule has 0 aliphatic heterocycles. The zero-order valence-corrected chi connectivity index (χ0v) is 13.3. The van der Waals surface area contributed by atoms with Gasteiger partial charge in [-0.1, -0.05) is 11.6 Å². The number of aromatic nitrogens is 4. The average molecular weight is 371 g/mol. The summed E-state index contributed by atoms with van der Waals surface area (Å²) in [6.45, 7) is 0. The van der Waals surface area contributed by atoms with Crippen molar-refractivity contribution in [3.8, 4) is 5.82 Å². The second-order valence-electron chi connectivity index (χ2n) is 5.29. The lowest BCUT2D eigenvalue weighted by atomic mass is 9.91. The standard InChI is InChI=1S/C15H10ClF3N4O2/c16-9-2-1-3-10(24)12(9)13(25)8-4-5-11(23-7-20-6-21-23)22-14(8)15(17,18)19/h4-7H,1-3H2. The van der Waals surface area contributed by atoms with E-state index in [0.29, 0.717) is 6.42 Å². The Kier molecular flexibility index (Phi) is 4.42. The number of ketones is 2. The molecule has 10 heteroatoms. The first-order chi connectivity index (χ1) is 11.8. The van der Waals surface area contributed by atoms with Crippen LogP contribution >= 0.6 is 11.6 Å². The van der Waals surface area contributed by atoms with E-state index in [1.54, 1.807) is 0 Å². The predicted molar refractivity (Wildman–Crippen MR) is 80.2 cm³/mol. The fraction of sp³-hybridized carbons (Fsp3) is 0.267. The molecule has 0 bridgehead atoms. The van der Waals surface area contributed by atoms with Crippen molar-refractivity contribution < 1.29 is 22.8 Å². The third-order valence-corrected chi connectivity index (χ3v) is 4.00. The number of allylic oxidation sites excluding steroid dienone is 2. The van der Waals surface area contributed by atoms with Gasteiger partial charge in [0, 0.05) is 11.5 Å². The van der Waals surface area contributed by atoms with Crippen LogP contribution in [-0.2, 0) is 11.0 Å². The summed E-state index contributed by atoms with van der Waals surface area (Å²) in [6.07, 6.45) is -1.77. The van der Waals surface area contributed by atoms with E-state index in [9.17, 15) is 22.8 Å². The van der Waals surface area contributed by atoms with Crippen molar-refractivity contribution in [2.24, 2.45) is 0 Å². The molecule has 0 saturated carbocycles. The SMILES string of the molecule is O=C1CCCC(Cl)=C1C(=O)c1ccc(-n2cncn2)nc1C(F)(F)F. The Hall–Kier alpha value is -2.55. The Morgan fingerprint density at radius 1 is 1.24 bits per heavy atom. The number of alkyl halides is 3. The topological polar surface area (TPSA) is 77.7 Å². The maximum Gasteiger partial charge on any atom is 0.434 e. The average Bonchev–Trinajstić information content (AvgIpc) is 3.07. The fourth-order valence-electron chi connectivity index (χ4n) is 2.49. The lowest BCUT2D eigenvalue weighted by molar-refractivity contribution is -0.141. The molecule has 0 radical (unpaired) electrons. The molecule has 2 aromatic heterocycles. The normalized spacial score (nSPS) is 15.6. The molecule has 3 rings (SSSR count). The smallest absolute Gasteiger partial charge is 0.294 e. The first-order valence-electron chi connectivity index (χ1n) is 7.19. The van der Waals surface area contributed by atoms with Crippen molar-refractivity contribution in [2.75, 3.05) is 0 Å². The molecule has 0 saturated heterocycles. The Bertz CT molecular complexity index is 875. The summed E-state index contributed by atoms with van der Waals surface area (Å²) >= 11 is 5.92. The van der Waals surface area contributed by atoms with Crippen molar-refractivity contribution in [3.63, 3.8) is 0 Å². The molecule has 2 heterocycles. The summed E-state index contributed by atoms with van der Waals surface area (Å²) in [5, 5.41) is 3.69. The lowest BCUT2D eigenvalue weighted by Crippen LogP contribution is -2.23. The van der Waals surface area contributed by atoms with Gasteiger partial charge in [0.15, 0.2) is 23.1 Å². The Morgan fingerprint density at radius 2 is 2.00 bits per heavy atom. The molecule has 0 spiro atoms. The van der Waals surface area contributed by atoms with E-state index in [4.69, 9.17) is 11.6 Å². The van der Waals surface area contributed by atoms with Gasteiger partial charge in [0.2, 0.25) is 0 Å². The molecule has 1 aliphatic carbocycles. The second kappa shape index (κ2) is 6.40. The molecule has 6 nitrogen and oxygen atoms in total. The summed E-state index contributed by atoms with van der Waals surface area (Å²) in [5.74, 6) is -1.79. The van der Waals surface area contributed by atoms with Gasteiger partial charge in [0.25, 0.3) is 0 Å². The third-order valence-electron chi connectivity index (χ3n) is 3.62. The number of halogens is 4. The summed E-state index contributed by atoms with van der Waals surface area (Å²) in [5.41, 5.74) is -2.52. The van der Waals surface area contributed by atoms with Crippen LogP contribution < -0.4 is 0 Å². The minimum atomic E-state index is -4.90. The molecule has 0 N–H and O–H groups in total. The number of hydrogen-bond acceptors (Lipinski definition) is 5.